The monoisotopic (exact) mass is 209 g/mol. The Morgan fingerprint density at radius 3 is 2.69 bits per heavy atom. The van der Waals surface area contributed by atoms with E-state index in [-0.39, 0.29) is 0 Å². The van der Waals surface area contributed by atoms with Gasteiger partial charge in [-0.1, -0.05) is 30.3 Å². The van der Waals surface area contributed by atoms with Gasteiger partial charge in [-0.2, -0.15) is 0 Å². The number of ether oxygens (including phenoxy) is 1. The fourth-order valence-corrected chi connectivity index (χ4v) is 2.00. The topological polar surface area (TPSA) is 26.3 Å². The highest BCUT2D eigenvalue weighted by Crippen LogP contribution is 2.37. The van der Waals surface area contributed by atoms with E-state index in [1.807, 2.05) is 42.7 Å². The van der Waals surface area contributed by atoms with Crippen LogP contribution in [0.5, 0.6) is 11.5 Å². The summed E-state index contributed by atoms with van der Waals surface area (Å²) in [5, 5.41) is 0. The summed E-state index contributed by atoms with van der Waals surface area (Å²) in [4.78, 5) is 10.8. The van der Waals surface area contributed by atoms with Crippen molar-refractivity contribution in [3.63, 3.8) is 0 Å². The van der Waals surface area contributed by atoms with Crippen LogP contribution in [0.25, 0.3) is 0 Å². The first-order valence-electron chi connectivity index (χ1n) is 5.14. The first-order valence-corrected chi connectivity index (χ1v) is 5.14. The van der Waals surface area contributed by atoms with Gasteiger partial charge in [0.1, 0.15) is 11.5 Å². The quantitative estimate of drug-likeness (QED) is 0.616. The van der Waals surface area contributed by atoms with Crippen molar-refractivity contribution >= 4 is 6.29 Å². The van der Waals surface area contributed by atoms with Gasteiger partial charge in [-0.25, -0.2) is 0 Å². The molecule has 77 valence electrons. The van der Waals surface area contributed by atoms with Crippen LogP contribution in [0.3, 0.4) is 0 Å². The summed E-state index contributed by atoms with van der Waals surface area (Å²) in [6.07, 6.45) is 2.69. The molecule has 0 aliphatic carbocycles. The molecule has 0 unspecified atom stereocenters. The van der Waals surface area contributed by atoms with E-state index in [4.69, 9.17) is 4.74 Å². The molecule has 0 N–H and O–H groups in total. The van der Waals surface area contributed by atoms with Crippen LogP contribution in [-0.4, -0.2) is 6.29 Å². The zero-order valence-electron chi connectivity index (χ0n) is 8.57. The smallest absolute Gasteiger partial charge is 0.233 e. The normalized spacial score (nSPS) is 12.2. The molecule has 2 aromatic carbocycles. The summed E-state index contributed by atoms with van der Waals surface area (Å²) >= 11 is 0. The van der Waals surface area contributed by atoms with Crippen LogP contribution in [0, 0.1) is 0 Å². The van der Waals surface area contributed by atoms with E-state index in [1.165, 1.54) is 0 Å². The van der Waals surface area contributed by atoms with Gasteiger partial charge in [0, 0.05) is 17.5 Å². The van der Waals surface area contributed by atoms with Gasteiger partial charge in [-0.15, -0.1) is 0 Å². The Bertz CT molecular complexity index is 558. The molecule has 2 heteroatoms. The lowest BCUT2D eigenvalue weighted by Crippen LogP contribution is -2.05. The van der Waals surface area contributed by atoms with Gasteiger partial charge in [0.25, 0.3) is 0 Å². The molecule has 16 heavy (non-hydrogen) atoms. The molecule has 2 aromatic rings. The minimum Gasteiger partial charge on any atom is -0.457 e. The first-order chi connectivity index (χ1) is 7.88. The maximum absolute atomic E-state index is 10.8. The summed E-state index contributed by atoms with van der Waals surface area (Å²) in [7, 11) is 0. The van der Waals surface area contributed by atoms with Crippen LogP contribution in [0.15, 0.2) is 42.5 Å². The van der Waals surface area contributed by atoms with Gasteiger partial charge < -0.3 is 4.74 Å². The predicted molar refractivity (Wildman–Crippen MR) is 60.6 cm³/mol. The highest BCUT2D eigenvalue weighted by atomic mass is 16.5. The fourth-order valence-electron chi connectivity index (χ4n) is 2.00. The SMILES string of the molecule is O=[C]c1cccc2c1Cc1ccccc1O2. The molecule has 1 heterocycles. The average molecular weight is 209 g/mol. The van der Waals surface area contributed by atoms with Crippen LogP contribution in [0.1, 0.15) is 16.7 Å². The molecule has 0 bridgehead atoms. The molecular weight excluding hydrogens is 200 g/mol. The lowest BCUT2D eigenvalue weighted by Gasteiger charge is -2.20. The van der Waals surface area contributed by atoms with Crippen molar-refractivity contribution in [1.29, 1.82) is 0 Å². The predicted octanol–water partition coefficient (Wildman–Crippen LogP) is 2.84. The molecule has 0 saturated heterocycles. The highest BCUT2D eigenvalue weighted by Gasteiger charge is 2.18. The van der Waals surface area contributed by atoms with Gasteiger partial charge in [0.2, 0.25) is 6.29 Å². The summed E-state index contributed by atoms with van der Waals surface area (Å²) in [5.41, 5.74) is 2.63. The zero-order chi connectivity index (χ0) is 11.0. The third-order valence-electron chi connectivity index (χ3n) is 2.80. The van der Waals surface area contributed by atoms with Crippen LogP contribution >= 0.6 is 0 Å². The lowest BCUT2D eigenvalue weighted by atomic mass is 9.96. The third-order valence-corrected chi connectivity index (χ3v) is 2.80. The van der Waals surface area contributed by atoms with Crippen molar-refractivity contribution in [1.82, 2.24) is 0 Å². The van der Waals surface area contributed by atoms with Crippen molar-refractivity contribution in [3.05, 3.63) is 59.2 Å². The number of rotatable bonds is 1. The minimum absolute atomic E-state index is 0.590. The second-order valence-corrected chi connectivity index (χ2v) is 3.77. The van der Waals surface area contributed by atoms with Gasteiger partial charge in [0.05, 0.1) is 0 Å². The second-order valence-electron chi connectivity index (χ2n) is 3.77. The molecule has 3 rings (SSSR count). The van der Waals surface area contributed by atoms with Crippen molar-refractivity contribution in [2.45, 2.75) is 6.42 Å². The molecule has 0 saturated carbocycles. The minimum atomic E-state index is 0.590. The second kappa shape index (κ2) is 3.49. The molecule has 0 spiro atoms. The van der Waals surface area contributed by atoms with E-state index in [0.29, 0.717) is 5.56 Å². The number of hydrogen-bond acceptors (Lipinski definition) is 2. The maximum Gasteiger partial charge on any atom is 0.233 e. The van der Waals surface area contributed by atoms with Crippen LogP contribution in [0.2, 0.25) is 0 Å². The number of carbonyl (C=O) groups excluding carboxylic acids is 1. The third kappa shape index (κ3) is 1.31. The number of benzene rings is 2. The van der Waals surface area contributed by atoms with Crippen molar-refractivity contribution < 1.29 is 9.53 Å². The molecule has 0 aromatic heterocycles. The number of para-hydroxylation sites is 1. The Labute approximate surface area is 93.5 Å². The van der Waals surface area contributed by atoms with Gasteiger partial charge in [-0.3, -0.25) is 4.79 Å². The summed E-state index contributed by atoms with van der Waals surface area (Å²) in [6.45, 7) is 0. The molecule has 0 fully saturated rings. The Hall–Kier alpha value is -2.09. The molecule has 1 radical (unpaired) electrons. The molecule has 2 nitrogen and oxygen atoms in total. The van der Waals surface area contributed by atoms with E-state index >= 15 is 0 Å². The Morgan fingerprint density at radius 2 is 1.81 bits per heavy atom. The highest BCUT2D eigenvalue weighted by molar-refractivity contribution is 5.80. The van der Waals surface area contributed by atoms with E-state index in [0.717, 1.165) is 29.0 Å². The van der Waals surface area contributed by atoms with Crippen LogP contribution in [-0.2, 0) is 11.2 Å². The summed E-state index contributed by atoms with van der Waals surface area (Å²) in [6, 6.07) is 13.3. The van der Waals surface area contributed by atoms with E-state index in [2.05, 4.69) is 0 Å². The lowest BCUT2D eigenvalue weighted by molar-refractivity contribution is 0.459. The van der Waals surface area contributed by atoms with Crippen LogP contribution in [0.4, 0.5) is 0 Å². The van der Waals surface area contributed by atoms with E-state index < -0.39 is 0 Å². The summed E-state index contributed by atoms with van der Waals surface area (Å²) in [5.74, 6) is 1.64. The fraction of sp³-hybridized carbons (Fsp3) is 0.0714. The van der Waals surface area contributed by atoms with Crippen LogP contribution < -0.4 is 4.74 Å². The summed E-state index contributed by atoms with van der Waals surface area (Å²) < 4.78 is 5.74. The number of hydrogen-bond donors (Lipinski definition) is 0. The maximum atomic E-state index is 10.8. The Morgan fingerprint density at radius 1 is 1.00 bits per heavy atom. The molecular formula is C14H9O2. The van der Waals surface area contributed by atoms with Gasteiger partial charge >= 0.3 is 0 Å². The Kier molecular flexibility index (Phi) is 2.00. The van der Waals surface area contributed by atoms with Gasteiger partial charge in [0.15, 0.2) is 0 Å². The first kappa shape index (κ1) is 9.16. The zero-order valence-corrected chi connectivity index (χ0v) is 8.57. The van der Waals surface area contributed by atoms with E-state index in [1.54, 1.807) is 6.07 Å². The molecule has 1 aliphatic rings. The molecule has 0 atom stereocenters. The average Bonchev–Trinajstić information content (AvgIpc) is 2.35. The molecule has 0 amide bonds. The van der Waals surface area contributed by atoms with Gasteiger partial charge in [-0.05, 0) is 17.7 Å². The number of fused-ring (bicyclic) bond motifs is 2. The van der Waals surface area contributed by atoms with Crippen molar-refractivity contribution in [3.8, 4) is 11.5 Å². The largest absolute Gasteiger partial charge is 0.457 e. The standard InChI is InChI=1S/C14H9O2/c15-9-11-5-3-7-14-12(11)8-10-4-1-2-6-13(10)16-14/h1-7H,8H2. The van der Waals surface area contributed by atoms with Crippen molar-refractivity contribution in [2.75, 3.05) is 0 Å². The molecule has 1 aliphatic heterocycles. The van der Waals surface area contributed by atoms with Crippen molar-refractivity contribution in [2.24, 2.45) is 0 Å². The van der Waals surface area contributed by atoms with E-state index in [9.17, 15) is 4.79 Å². The Balaban J connectivity index is 2.15.